The van der Waals surface area contributed by atoms with Gasteiger partial charge in [-0.3, -0.25) is 4.79 Å². The molecule has 0 aliphatic carbocycles. The van der Waals surface area contributed by atoms with Crippen LogP contribution >= 0.6 is 0 Å². The van der Waals surface area contributed by atoms with Gasteiger partial charge in [-0.15, -0.1) is 0 Å². The van der Waals surface area contributed by atoms with E-state index in [-0.39, 0.29) is 44.9 Å². The molecule has 1 aliphatic rings. The second kappa shape index (κ2) is 6.81. The summed E-state index contributed by atoms with van der Waals surface area (Å²) < 4.78 is 37.5. The SMILES string of the molecule is CN(CCCC(=O)O)C(=O)N1CCC(C(F)(F)F)CC1. The number of carbonyl (C=O) groups excluding carboxylic acids is 1. The lowest BCUT2D eigenvalue weighted by Gasteiger charge is -2.35. The third kappa shape index (κ3) is 4.90. The second-order valence-electron chi connectivity index (χ2n) is 5.00. The Morgan fingerprint density at radius 3 is 2.30 bits per heavy atom. The van der Waals surface area contributed by atoms with Crippen molar-refractivity contribution in [1.82, 2.24) is 9.80 Å². The smallest absolute Gasteiger partial charge is 0.391 e. The molecule has 0 saturated carbocycles. The molecular formula is C12H19F3N2O3. The molecule has 20 heavy (non-hydrogen) atoms. The van der Waals surface area contributed by atoms with Crippen LogP contribution in [0.4, 0.5) is 18.0 Å². The van der Waals surface area contributed by atoms with Crippen molar-refractivity contribution in [1.29, 1.82) is 0 Å². The lowest BCUT2D eigenvalue weighted by molar-refractivity contribution is -0.183. The molecular weight excluding hydrogens is 277 g/mol. The molecule has 1 saturated heterocycles. The first-order valence-electron chi connectivity index (χ1n) is 6.50. The number of amides is 2. The molecule has 1 fully saturated rings. The molecule has 0 aromatic heterocycles. The Morgan fingerprint density at radius 1 is 1.30 bits per heavy atom. The molecule has 0 unspecified atom stereocenters. The number of halogens is 3. The van der Waals surface area contributed by atoms with Crippen molar-refractivity contribution < 1.29 is 27.9 Å². The topological polar surface area (TPSA) is 60.9 Å². The maximum absolute atomic E-state index is 12.5. The first-order valence-corrected chi connectivity index (χ1v) is 6.50. The number of carbonyl (C=O) groups is 2. The number of urea groups is 1. The van der Waals surface area contributed by atoms with Gasteiger partial charge in [-0.05, 0) is 19.3 Å². The fraction of sp³-hybridized carbons (Fsp3) is 0.833. The summed E-state index contributed by atoms with van der Waals surface area (Å²) in [6, 6.07) is -0.337. The number of aliphatic carboxylic acids is 1. The number of alkyl halides is 3. The number of likely N-dealkylation sites (tertiary alicyclic amines) is 1. The molecule has 0 radical (unpaired) electrons. The quantitative estimate of drug-likeness (QED) is 0.865. The first-order chi connectivity index (χ1) is 9.21. The molecule has 1 rings (SSSR count). The molecule has 0 aromatic carbocycles. The van der Waals surface area contributed by atoms with Gasteiger partial charge in [0.25, 0.3) is 0 Å². The normalized spacial score (nSPS) is 17.1. The Balaban J connectivity index is 2.36. The van der Waals surface area contributed by atoms with Gasteiger partial charge in [-0.25, -0.2) is 4.79 Å². The maximum atomic E-state index is 12.5. The van der Waals surface area contributed by atoms with Crippen LogP contribution in [-0.4, -0.2) is 59.8 Å². The third-order valence-corrected chi connectivity index (χ3v) is 3.44. The van der Waals surface area contributed by atoms with E-state index in [1.54, 1.807) is 0 Å². The number of carboxylic acid groups (broad SMARTS) is 1. The highest BCUT2D eigenvalue weighted by atomic mass is 19.4. The lowest BCUT2D eigenvalue weighted by Crippen LogP contribution is -2.47. The summed E-state index contributed by atoms with van der Waals surface area (Å²) in [6.45, 7) is 0.461. The van der Waals surface area contributed by atoms with Gasteiger partial charge in [-0.2, -0.15) is 13.2 Å². The van der Waals surface area contributed by atoms with Gasteiger partial charge in [0.05, 0.1) is 5.92 Å². The summed E-state index contributed by atoms with van der Waals surface area (Å²) in [5, 5.41) is 8.50. The van der Waals surface area contributed by atoms with Gasteiger partial charge in [0.2, 0.25) is 0 Å². The fourth-order valence-corrected chi connectivity index (χ4v) is 2.20. The number of hydrogen-bond acceptors (Lipinski definition) is 2. The summed E-state index contributed by atoms with van der Waals surface area (Å²) >= 11 is 0. The summed E-state index contributed by atoms with van der Waals surface area (Å²) in [5.41, 5.74) is 0. The molecule has 1 N–H and O–H groups in total. The van der Waals surface area contributed by atoms with Gasteiger partial charge in [-0.1, -0.05) is 0 Å². The van der Waals surface area contributed by atoms with Crippen LogP contribution in [0.5, 0.6) is 0 Å². The molecule has 0 bridgehead atoms. The van der Waals surface area contributed by atoms with Gasteiger partial charge in [0.1, 0.15) is 0 Å². The number of piperidine rings is 1. The van der Waals surface area contributed by atoms with E-state index in [4.69, 9.17) is 5.11 Å². The van der Waals surface area contributed by atoms with E-state index in [0.717, 1.165) is 0 Å². The Labute approximate surface area is 115 Å². The lowest BCUT2D eigenvalue weighted by atomic mass is 9.96. The highest BCUT2D eigenvalue weighted by Crippen LogP contribution is 2.34. The van der Waals surface area contributed by atoms with Gasteiger partial charge in [0, 0.05) is 33.1 Å². The van der Waals surface area contributed by atoms with Gasteiger partial charge >= 0.3 is 18.2 Å². The maximum Gasteiger partial charge on any atom is 0.391 e. The Morgan fingerprint density at radius 2 is 1.85 bits per heavy atom. The number of nitrogens with zero attached hydrogens (tertiary/aromatic N) is 2. The van der Waals surface area contributed by atoms with E-state index >= 15 is 0 Å². The van der Waals surface area contributed by atoms with Crippen molar-refractivity contribution in [3.05, 3.63) is 0 Å². The highest BCUT2D eigenvalue weighted by Gasteiger charge is 2.41. The van der Waals surface area contributed by atoms with Crippen LogP contribution in [0.3, 0.4) is 0 Å². The third-order valence-electron chi connectivity index (χ3n) is 3.44. The van der Waals surface area contributed by atoms with Crippen molar-refractivity contribution in [2.75, 3.05) is 26.7 Å². The summed E-state index contributed by atoms with van der Waals surface area (Å²) in [6.07, 6.45) is -4.04. The van der Waals surface area contributed by atoms with E-state index in [1.807, 2.05) is 0 Å². The van der Waals surface area contributed by atoms with Crippen LogP contribution in [0.2, 0.25) is 0 Å². The Bertz CT molecular complexity index is 352. The van der Waals surface area contributed by atoms with E-state index in [9.17, 15) is 22.8 Å². The van der Waals surface area contributed by atoms with Crippen molar-refractivity contribution >= 4 is 12.0 Å². The molecule has 0 atom stereocenters. The fourth-order valence-electron chi connectivity index (χ4n) is 2.20. The van der Waals surface area contributed by atoms with Crippen LogP contribution < -0.4 is 0 Å². The molecule has 1 aliphatic heterocycles. The molecule has 0 aromatic rings. The Kier molecular flexibility index (Phi) is 5.64. The first kappa shape index (κ1) is 16.6. The van der Waals surface area contributed by atoms with Crippen LogP contribution in [0, 0.1) is 5.92 Å². The van der Waals surface area contributed by atoms with Crippen molar-refractivity contribution in [2.45, 2.75) is 31.9 Å². The van der Waals surface area contributed by atoms with Crippen molar-refractivity contribution in [3.8, 4) is 0 Å². The molecule has 1 heterocycles. The van der Waals surface area contributed by atoms with E-state index in [0.29, 0.717) is 6.42 Å². The number of rotatable bonds is 4. The highest BCUT2D eigenvalue weighted by molar-refractivity contribution is 5.74. The predicted molar refractivity (Wildman–Crippen MR) is 65.2 cm³/mol. The summed E-state index contributed by atoms with van der Waals surface area (Å²) in [4.78, 5) is 25.1. The predicted octanol–water partition coefficient (Wildman–Crippen LogP) is 2.18. The van der Waals surface area contributed by atoms with Crippen molar-refractivity contribution in [2.24, 2.45) is 5.92 Å². The summed E-state index contributed by atoms with van der Waals surface area (Å²) in [7, 11) is 1.53. The molecule has 2 amide bonds. The summed E-state index contributed by atoms with van der Waals surface area (Å²) in [5.74, 6) is -2.26. The minimum absolute atomic E-state index is 0.0340. The monoisotopic (exact) mass is 296 g/mol. The van der Waals surface area contributed by atoms with Gasteiger partial charge in [0.15, 0.2) is 0 Å². The van der Waals surface area contributed by atoms with Crippen LogP contribution in [0.25, 0.3) is 0 Å². The number of hydrogen-bond donors (Lipinski definition) is 1. The largest absolute Gasteiger partial charge is 0.481 e. The molecule has 5 nitrogen and oxygen atoms in total. The molecule has 0 spiro atoms. The number of carboxylic acids is 1. The zero-order valence-corrected chi connectivity index (χ0v) is 11.3. The van der Waals surface area contributed by atoms with Gasteiger partial charge < -0.3 is 14.9 Å². The molecule has 116 valence electrons. The van der Waals surface area contributed by atoms with Crippen LogP contribution in [0.15, 0.2) is 0 Å². The second-order valence-corrected chi connectivity index (χ2v) is 5.00. The average molecular weight is 296 g/mol. The van der Waals surface area contributed by atoms with Crippen LogP contribution in [0.1, 0.15) is 25.7 Å². The van der Waals surface area contributed by atoms with Crippen LogP contribution in [-0.2, 0) is 4.79 Å². The zero-order valence-electron chi connectivity index (χ0n) is 11.3. The Hall–Kier alpha value is -1.47. The van der Waals surface area contributed by atoms with E-state index < -0.39 is 18.1 Å². The zero-order chi connectivity index (χ0) is 15.3. The van der Waals surface area contributed by atoms with E-state index in [1.165, 1.54) is 16.8 Å². The minimum atomic E-state index is -4.19. The van der Waals surface area contributed by atoms with E-state index in [2.05, 4.69) is 0 Å². The van der Waals surface area contributed by atoms with Crippen molar-refractivity contribution in [3.63, 3.8) is 0 Å². The standard InChI is InChI=1S/C12H19F3N2O3/c1-16(6-2-3-10(18)19)11(20)17-7-4-9(5-8-17)12(13,14)15/h9H,2-8H2,1H3,(H,18,19). The minimum Gasteiger partial charge on any atom is -0.481 e. The average Bonchev–Trinajstić information content (AvgIpc) is 2.36. The molecule has 8 heteroatoms.